The molecular weight excluding hydrogens is 384 g/mol. The summed E-state index contributed by atoms with van der Waals surface area (Å²) in [4.78, 5) is 25.4. The lowest BCUT2D eigenvalue weighted by atomic mass is 9.80. The minimum Gasteiger partial charge on any atom is -0.466 e. The van der Waals surface area contributed by atoms with Crippen LogP contribution in [0.15, 0.2) is 46.8 Å². The molecule has 28 heavy (non-hydrogen) atoms. The highest BCUT2D eigenvalue weighted by Crippen LogP contribution is 2.40. The van der Waals surface area contributed by atoms with Gasteiger partial charge < -0.3 is 25.3 Å². The molecule has 0 spiro atoms. The number of ether oxygens (including phenoxy) is 3. The van der Waals surface area contributed by atoms with Gasteiger partial charge in [-0.05, 0) is 31.5 Å². The summed E-state index contributed by atoms with van der Waals surface area (Å²) >= 11 is 6.17. The molecule has 7 nitrogen and oxygen atoms in total. The fraction of sp³-hybridized carbons (Fsp3) is 0.400. The van der Waals surface area contributed by atoms with E-state index in [1.165, 1.54) is 7.11 Å². The number of esters is 2. The van der Waals surface area contributed by atoms with E-state index in [0.717, 1.165) is 0 Å². The Morgan fingerprint density at radius 1 is 1.25 bits per heavy atom. The van der Waals surface area contributed by atoms with Crippen molar-refractivity contribution in [2.45, 2.75) is 19.8 Å². The minimum atomic E-state index is -0.706. The number of carbonyl (C=O) groups excluding carboxylic acids is 2. The quantitative estimate of drug-likeness (QED) is 0.502. The zero-order valence-corrected chi connectivity index (χ0v) is 17.0. The predicted octanol–water partition coefficient (Wildman–Crippen LogP) is 2.27. The topological polar surface area (TPSA) is 99.9 Å². The SMILES string of the molecule is CCOC(=O)C1=C(COCCN)NC(C)=C(C(=O)OC)C1c1cccc(Cl)c1. The molecule has 0 amide bonds. The maximum absolute atomic E-state index is 12.9. The molecule has 0 fully saturated rings. The van der Waals surface area contributed by atoms with E-state index in [2.05, 4.69) is 5.32 Å². The van der Waals surface area contributed by atoms with Crippen LogP contribution in [0.2, 0.25) is 5.02 Å². The Labute approximate surface area is 169 Å². The second kappa shape index (κ2) is 10.3. The summed E-state index contributed by atoms with van der Waals surface area (Å²) in [5.74, 6) is -1.79. The Bertz CT molecular complexity index is 804. The molecule has 152 valence electrons. The molecule has 0 bridgehead atoms. The van der Waals surface area contributed by atoms with Crippen molar-refractivity contribution >= 4 is 23.5 Å². The lowest BCUT2D eigenvalue weighted by Crippen LogP contribution is -2.35. The molecule has 3 N–H and O–H groups in total. The van der Waals surface area contributed by atoms with Gasteiger partial charge in [-0.15, -0.1) is 0 Å². The third-order valence-corrected chi connectivity index (χ3v) is 4.47. The molecule has 1 heterocycles. The van der Waals surface area contributed by atoms with Gasteiger partial charge in [0, 0.05) is 17.3 Å². The van der Waals surface area contributed by atoms with Gasteiger partial charge in [0.15, 0.2) is 0 Å². The number of carbonyl (C=O) groups is 2. The maximum atomic E-state index is 12.9. The van der Waals surface area contributed by atoms with Gasteiger partial charge in [0.1, 0.15) is 0 Å². The van der Waals surface area contributed by atoms with Gasteiger partial charge in [0.25, 0.3) is 0 Å². The highest BCUT2D eigenvalue weighted by molar-refractivity contribution is 6.30. The largest absolute Gasteiger partial charge is 0.466 e. The zero-order chi connectivity index (χ0) is 20.7. The smallest absolute Gasteiger partial charge is 0.336 e. The maximum Gasteiger partial charge on any atom is 0.336 e. The lowest BCUT2D eigenvalue weighted by Gasteiger charge is -2.31. The first-order chi connectivity index (χ1) is 13.4. The molecule has 1 atom stereocenters. The number of nitrogens with two attached hydrogens (primary N) is 1. The number of hydrogen-bond donors (Lipinski definition) is 2. The molecule has 0 saturated carbocycles. The van der Waals surface area contributed by atoms with Gasteiger partial charge in [-0.1, -0.05) is 23.7 Å². The van der Waals surface area contributed by atoms with Gasteiger partial charge in [-0.3, -0.25) is 0 Å². The van der Waals surface area contributed by atoms with E-state index in [-0.39, 0.29) is 18.8 Å². The molecular formula is C20H25ClN2O5. The summed E-state index contributed by atoms with van der Waals surface area (Å²) in [5, 5.41) is 3.59. The Morgan fingerprint density at radius 2 is 2.00 bits per heavy atom. The second-order valence-corrected chi connectivity index (χ2v) is 6.53. The Kier molecular flexibility index (Phi) is 8.04. The van der Waals surface area contributed by atoms with Crippen LogP contribution in [0.25, 0.3) is 0 Å². The van der Waals surface area contributed by atoms with Crippen molar-refractivity contribution < 1.29 is 23.8 Å². The number of nitrogens with one attached hydrogen (secondary N) is 1. The van der Waals surface area contributed by atoms with E-state index in [9.17, 15) is 9.59 Å². The van der Waals surface area contributed by atoms with Crippen molar-refractivity contribution in [3.63, 3.8) is 0 Å². The Hall–Kier alpha value is -2.35. The van der Waals surface area contributed by atoms with Crippen molar-refractivity contribution in [1.29, 1.82) is 0 Å². The van der Waals surface area contributed by atoms with Crippen LogP contribution < -0.4 is 11.1 Å². The zero-order valence-electron chi connectivity index (χ0n) is 16.2. The Morgan fingerprint density at radius 3 is 2.61 bits per heavy atom. The van der Waals surface area contributed by atoms with Crippen LogP contribution in [0.5, 0.6) is 0 Å². The van der Waals surface area contributed by atoms with Crippen molar-refractivity contribution in [2.75, 3.05) is 33.5 Å². The molecule has 1 aliphatic rings. The van der Waals surface area contributed by atoms with Gasteiger partial charge in [-0.25, -0.2) is 9.59 Å². The monoisotopic (exact) mass is 408 g/mol. The summed E-state index contributed by atoms with van der Waals surface area (Å²) in [6.07, 6.45) is 0. The van der Waals surface area contributed by atoms with E-state index >= 15 is 0 Å². The molecule has 8 heteroatoms. The van der Waals surface area contributed by atoms with Crippen molar-refractivity contribution in [3.8, 4) is 0 Å². The Balaban J connectivity index is 2.65. The number of rotatable bonds is 8. The average molecular weight is 409 g/mol. The number of benzene rings is 1. The minimum absolute atomic E-state index is 0.119. The highest BCUT2D eigenvalue weighted by Gasteiger charge is 2.38. The van der Waals surface area contributed by atoms with Gasteiger partial charge in [0.2, 0.25) is 0 Å². The molecule has 1 unspecified atom stereocenters. The molecule has 0 radical (unpaired) electrons. The first kappa shape index (κ1) is 21.9. The van der Waals surface area contributed by atoms with Gasteiger partial charge in [0.05, 0.1) is 49.7 Å². The number of allylic oxidation sites excluding steroid dienone is 1. The molecule has 2 rings (SSSR count). The molecule has 0 saturated heterocycles. The van der Waals surface area contributed by atoms with Crippen LogP contribution >= 0.6 is 11.6 Å². The fourth-order valence-corrected chi connectivity index (χ4v) is 3.32. The van der Waals surface area contributed by atoms with Crippen LogP contribution in [0, 0.1) is 0 Å². The third-order valence-electron chi connectivity index (χ3n) is 4.24. The van der Waals surface area contributed by atoms with E-state index in [1.54, 1.807) is 38.1 Å². The van der Waals surface area contributed by atoms with Crippen LogP contribution in [0.4, 0.5) is 0 Å². The molecule has 0 aliphatic carbocycles. The average Bonchev–Trinajstić information content (AvgIpc) is 2.67. The summed E-state index contributed by atoms with van der Waals surface area (Å²) in [6, 6.07) is 7.00. The molecule has 1 aliphatic heterocycles. The van der Waals surface area contributed by atoms with E-state index < -0.39 is 17.9 Å². The predicted molar refractivity (Wildman–Crippen MR) is 106 cm³/mol. The third kappa shape index (κ3) is 4.92. The van der Waals surface area contributed by atoms with Gasteiger partial charge in [-0.2, -0.15) is 0 Å². The lowest BCUT2D eigenvalue weighted by molar-refractivity contribution is -0.139. The number of dihydropyridines is 1. The van der Waals surface area contributed by atoms with Gasteiger partial charge >= 0.3 is 11.9 Å². The van der Waals surface area contributed by atoms with Crippen LogP contribution in [-0.2, 0) is 23.8 Å². The highest BCUT2D eigenvalue weighted by atomic mass is 35.5. The summed E-state index contributed by atoms with van der Waals surface area (Å²) in [5.41, 5.74) is 7.85. The van der Waals surface area contributed by atoms with Crippen molar-refractivity contribution in [2.24, 2.45) is 5.73 Å². The first-order valence-electron chi connectivity index (χ1n) is 8.94. The van der Waals surface area contributed by atoms with E-state index in [4.69, 9.17) is 31.5 Å². The summed E-state index contributed by atoms with van der Waals surface area (Å²) in [7, 11) is 1.30. The standard InChI is InChI=1S/C20H25ClN2O5/c1-4-28-20(25)18-15(11-27-9-8-22)23-12(2)16(19(24)26-3)17(18)13-6-5-7-14(21)10-13/h5-7,10,17,23H,4,8-9,11,22H2,1-3H3. The molecule has 1 aromatic carbocycles. The van der Waals surface area contributed by atoms with Crippen molar-refractivity contribution in [3.05, 3.63) is 57.4 Å². The normalized spacial score (nSPS) is 16.7. The summed E-state index contributed by atoms with van der Waals surface area (Å²) < 4.78 is 15.8. The van der Waals surface area contributed by atoms with E-state index in [1.807, 2.05) is 0 Å². The van der Waals surface area contributed by atoms with Crippen LogP contribution in [0.1, 0.15) is 25.3 Å². The second-order valence-electron chi connectivity index (χ2n) is 6.10. The summed E-state index contributed by atoms with van der Waals surface area (Å²) in [6.45, 7) is 4.45. The number of hydrogen-bond acceptors (Lipinski definition) is 7. The van der Waals surface area contributed by atoms with Crippen LogP contribution in [0.3, 0.4) is 0 Å². The van der Waals surface area contributed by atoms with Crippen LogP contribution in [-0.4, -0.2) is 45.4 Å². The fourth-order valence-electron chi connectivity index (χ4n) is 3.12. The van der Waals surface area contributed by atoms with Crippen molar-refractivity contribution in [1.82, 2.24) is 5.32 Å². The van der Waals surface area contributed by atoms with E-state index in [0.29, 0.717) is 40.7 Å². The molecule has 0 aromatic heterocycles. The number of halogens is 1. The number of methoxy groups -OCH3 is 1. The first-order valence-corrected chi connectivity index (χ1v) is 9.31. The molecule has 1 aromatic rings.